The molecule has 26 heavy (non-hydrogen) atoms. The Hall–Kier alpha value is -1.91. The van der Waals surface area contributed by atoms with Crippen LogP contribution in [0.3, 0.4) is 0 Å². The number of rotatable bonds is 5. The Morgan fingerprint density at radius 2 is 1.92 bits per heavy atom. The Kier molecular flexibility index (Phi) is 5.35. The van der Waals surface area contributed by atoms with Gasteiger partial charge in [0.1, 0.15) is 4.90 Å². The SMILES string of the molecule is Cc1nn(CCC(=O)N2CCN(S(=O)(=O)c3cnn(C)c3)CC2)cc1Cl. The third-order valence-corrected chi connectivity index (χ3v) is 6.57. The molecule has 0 unspecified atom stereocenters. The number of sulfonamides is 1. The molecule has 1 aliphatic rings. The summed E-state index contributed by atoms with van der Waals surface area (Å²) in [4.78, 5) is 14.2. The van der Waals surface area contributed by atoms with Crippen molar-refractivity contribution >= 4 is 27.5 Å². The summed E-state index contributed by atoms with van der Waals surface area (Å²) in [6.07, 6.45) is 4.81. The van der Waals surface area contributed by atoms with Crippen molar-refractivity contribution in [3.05, 3.63) is 29.3 Å². The number of hydrogen-bond donors (Lipinski definition) is 0. The smallest absolute Gasteiger partial charge is 0.246 e. The first kappa shape index (κ1) is 18.9. The van der Waals surface area contributed by atoms with Gasteiger partial charge in [-0.3, -0.25) is 14.2 Å². The zero-order chi connectivity index (χ0) is 18.9. The molecular formula is C15H21ClN6O3S. The highest BCUT2D eigenvalue weighted by molar-refractivity contribution is 7.89. The van der Waals surface area contributed by atoms with Gasteiger partial charge < -0.3 is 4.90 Å². The van der Waals surface area contributed by atoms with E-state index in [1.165, 1.54) is 21.4 Å². The van der Waals surface area contributed by atoms with Crippen molar-refractivity contribution < 1.29 is 13.2 Å². The van der Waals surface area contributed by atoms with Crippen molar-refractivity contribution in [3.63, 3.8) is 0 Å². The van der Waals surface area contributed by atoms with Gasteiger partial charge in [0, 0.05) is 58.6 Å². The molecule has 1 fully saturated rings. The van der Waals surface area contributed by atoms with E-state index in [9.17, 15) is 13.2 Å². The van der Waals surface area contributed by atoms with Crippen molar-refractivity contribution in [1.29, 1.82) is 0 Å². The predicted octanol–water partition coefficient (Wildman–Crippen LogP) is 0.502. The Labute approximate surface area is 157 Å². The molecule has 0 saturated carbocycles. The molecule has 0 N–H and O–H groups in total. The lowest BCUT2D eigenvalue weighted by molar-refractivity contribution is -0.132. The fourth-order valence-electron chi connectivity index (χ4n) is 2.84. The van der Waals surface area contributed by atoms with E-state index in [0.29, 0.717) is 31.1 Å². The average Bonchev–Trinajstić information content (AvgIpc) is 3.19. The fraction of sp³-hybridized carbons (Fsp3) is 0.533. The summed E-state index contributed by atoms with van der Waals surface area (Å²) in [7, 11) is -1.89. The van der Waals surface area contributed by atoms with Crippen LogP contribution >= 0.6 is 11.6 Å². The van der Waals surface area contributed by atoms with Crippen LogP contribution in [-0.4, -0.2) is 69.3 Å². The maximum absolute atomic E-state index is 12.6. The molecular weight excluding hydrogens is 380 g/mol. The van der Waals surface area contributed by atoms with Crippen LogP contribution < -0.4 is 0 Å². The van der Waals surface area contributed by atoms with E-state index >= 15 is 0 Å². The van der Waals surface area contributed by atoms with Gasteiger partial charge in [0.25, 0.3) is 0 Å². The standard InChI is InChI=1S/C15H21ClN6O3S/c1-12-14(16)11-21(18-12)4-3-15(23)20-5-7-22(8-6-20)26(24,25)13-9-17-19(2)10-13/h9-11H,3-8H2,1-2H3. The summed E-state index contributed by atoms with van der Waals surface area (Å²) in [6, 6.07) is 0. The summed E-state index contributed by atoms with van der Waals surface area (Å²) in [5, 5.41) is 8.71. The predicted molar refractivity (Wildman–Crippen MR) is 95.1 cm³/mol. The second kappa shape index (κ2) is 7.37. The van der Waals surface area contributed by atoms with E-state index in [2.05, 4.69) is 10.2 Å². The summed E-state index contributed by atoms with van der Waals surface area (Å²) >= 11 is 5.96. The topological polar surface area (TPSA) is 93.3 Å². The van der Waals surface area contributed by atoms with Gasteiger partial charge in [0.15, 0.2) is 0 Å². The number of carbonyl (C=O) groups excluding carboxylic acids is 1. The first-order chi connectivity index (χ1) is 12.3. The number of carbonyl (C=O) groups is 1. The second-order valence-electron chi connectivity index (χ2n) is 6.21. The molecule has 1 amide bonds. The Balaban J connectivity index is 1.53. The fourth-order valence-corrected chi connectivity index (χ4v) is 4.39. The number of amides is 1. The van der Waals surface area contributed by atoms with E-state index < -0.39 is 10.0 Å². The van der Waals surface area contributed by atoms with E-state index in [1.54, 1.807) is 22.8 Å². The highest BCUT2D eigenvalue weighted by Gasteiger charge is 2.30. The van der Waals surface area contributed by atoms with Crippen molar-refractivity contribution in [2.75, 3.05) is 26.2 Å². The third kappa shape index (κ3) is 3.92. The quantitative estimate of drug-likeness (QED) is 0.728. The van der Waals surface area contributed by atoms with Crippen molar-refractivity contribution in [2.24, 2.45) is 7.05 Å². The van der Waals surface area contributed by atoms with Crippen molar-refractivity contribution in [3.8, 4) is 0 Å². The van der Waals surface area contributed by atoms with Crippen LogP contribution in [-0.2, 0) is 28.4 Å². The van der Waals surface area contributed by atoms with Gasteiger partial charge >= 0.3 is 0 Å². The molecule has 0 aliphatic carbocycles. The van der Waals surface area contributed by atoms with Gasteiger partial charge in [-0.05, 0) is 6.92 Å². The number of piperazine rings is 1. The second-order valence-corrected chi connectivity index (χ2v) is 8.56. The molecule has 0 bridgehead atoms. The van der Waals surface area contributed by atoms with Gasteiger partial charge in [-0.2, -0.15) is 14.5 Å². The van der Waals surface area contributed by atoms with Crippen molar-refractivity contribution in [2.45, 2.75) is 24.8 Å². The highest BCUT2D eigenvalue weighted by atomic mass is 35.5. The summed E-state index contributed by atoms with van der Waals surface area (Å²) in [5.41, 5.74) is 0.730. The van der Waals surface area contributed by atoms with E-state index in [1.807, 2.05) is 6.92 Å². The molecule has 2 aromatic heterocycles. The lowest BCUT2D eigenvalue weighted by atomic mass is 10.3. The summed E-state index contributed by atoms with van der Waals surface area (Å²) in [5.74, 6) is -0.0206. The van der Waals surface area contributed by atoms with Gasteiger partial charge in [-0.25, -0.2) is 8.42 Å². The van der Waals surface area contributed by atoms with Crippen LogP contribution in [0.2, 0.25) is 5.02 Å². The van der Waals surface area contributed by atoms with Crippen LogP contribution in [0.15, 0.2) is 23.5 Å². The van der Waals surface area contributed by atoms with Crippen LogP contribution in [0.5, 0.6) is 0 Å². The van der Waals surface area contributed by atoms with Gasteiger partial charge in [-0.15, -0.1) is 0 Å². The summed E-state index contributed by atoms with van der Waals surface area (Å²) < 4.78 is 29.6. The number of aryl methyl sites for hydroxylation is 3. The molecule has 0 spiro atoms. The first-order valence-corrected chi connectivity index (χ1v) is 10.1. The summed E-state index contributed by atoms with van der Waals surface area (Å²) in [6.45, 7) is 3.54. The van der Waals surface area contributed by atoms with E-state index in [-0.39, 0.29) is 23.9 Å². The molecule has 0 atom stereocenters. The molecule has 3 rings (SSSR count). The van der Waals surface area contributed by atoms with Gasteiger partial charge in [-0.1, -0.05) is 11.6 Å². The van der Waals surface area contributed by atoms with E-state index in [4.69, 9.17) is 11.6 Å². The Bertz CT molecular complexity index is 879. The largest absolute Gasteiger partial charge is 0.340 e. The highest BCUT2D eigenvalue weighted by Crippen LogP contribution is 2.17. The minimum Gasteiger partial charge on any atom is -0.340 e. The van der Waals surface area contributed by atoms with Crippen molar-refractivity contribution in [1.82, 2.24) is 28.8 Å². The molecule has 3 heterocycles. The maximum Gasteiger partial charge on any atom is 0.246 e. The lowest BCUT2D eigenvalue weighted by Crippen LogP contribution is -2.50. The lowest BCUT2D eigenvalue weighted by Gasteiger charge is -2.33. The van der Waals surface area contributed by atoms with Crippen LogP contribution in [0, 0.1) is 6.92 Å². The van der Waals surface area contributed by atoms with E-state index in [0.717, 1.165) is 5.69 Å². The molecule has 1 saturated heterocycles. The molecule has 142 valence electrons. The van der Waals surface area contributed by atoms with Crippen LogP contribution in [0.1, 0.15) is 12.1 Å². The Morgan fingerprint density at radius 3 is 2.46 bits per heavy atom. The van der Waals surface area contributed by atoms with Crippen LogP contribution in [0.4, 0.5) is 0 Å². The van der Waals surface area contributed by atoms with Gasteiger partial charge in [0.05, 0.1) is 16.9 Å². The maximum atomic E-state index is 12.6. The molecule has 0 aromatic carbocycles. The number of aromatic nitrogens is 4. The number of hydrogen-bond acceptors (Lipinski definition) is 5. The first-order valence-electron chi connectivity index (χ1n) is 8.23. The minimum atomic E-state index is -3.56. The minimum absolute atomic E-state index is 0.0206. The molecule has 2 aromatic rings. The number of halogens is 1. The number of nitrogens with zero attached hydrogens (tertiary/aromatic N) is 6. The molecule has 11 heteroatoms. The van der Waals surface area contributed by atoms with Crippen LogP contribution in [0.25, 0.3) is 0 Å². The van der Waals surface area contributed by atoms with Gasteiger partial charge in [0.2, 0.25) is 15.9 Å². The normalized spacial score (nSPS) is 16.2. The average molecular weight is 401 g/mol. The molecule has 0 radical (unpaired) electrons. The zero-order valence-electron chi connectivity index (χ0n) is 14.7. The Morgan fingerprint density at radius 1 is 1.23 bits per heavy atom. The molecule has 9 nitrogen and oxygen atoms in total. The molecule has 1 aliphatic heterocycles. The monoisotopic (exact) mass is 400 g/mol. The third-order valence-electron chi connectivity index (χ3n) is 4.35. The zero-order valence-corrected chi connectivity index (χ0v) is 16.2.